The molecule has 0 amide bonds. The summed E-state index contributed by atoms with van der Waals surface area (Å²) in [6.45, 7) is 1.77. The molecule has 0 aromatic carbocycles. The van der Waals surface area contributed by atoms with Crippen molar-refractivity contribution in [2.75, 3.05) is 0 Å². The lowest BCUT2D eigenvalue weighted by molar-refractivity contribution is 1.15. The summed E-state index contributed by atoms with van der Waals surface area (Å²) in [5.41, 5.74) is 0.483. The first-order chi connectivity index (χ1) is 5.66. The van der Waals surface area contributed by atoms with Gasteiger partial charge in [-0.2, -0.15) is 0 Å². The molecule has 6 heteroatoms. The van der Waals surface area contributed by atoms with Crippen LogP contribution in [0, 0.1) is 6.92 Å². The van der Waals surface area contributed by atoms with Gasteiger partial charge in [0.15, 0.2) is 11.3 Å². The molecule has 0 saturated carbocycles. The van der Waals surface area contributed by atoms with Gasteiger partial charge in [0.1, 0.15) is 13.7 Å². The third kappa shape index (κ3) is 0.921. The van der Waals surface area contributed by atoms with E-state index in [4.69, 9.17) is 7.85 Å². The number of H-pyrrole nitrogens is 2. The highest BCUT2D eigenvalue weighted by molar-refractivity contribution is 6.30. The number of fused-ring (bicyclic) bond motifs is 1. The molecule has 2 aromatic heterocycles. The summed E-state index contributed by atoms with van der Waals surface area (Å²) in [5, 5.41) is 0. The second kappa shape index (κ2) is 2.20. The van der Waals surface area contributed by atoms with Gasteiger partial charge in [-0.05, 0) is 6.92 Å². The molecular formula is C6H5BN4O. The normalized spacial score (nSPS) is 10.8. The van der Waals surface area contributed by atoms with E-state index in [0.717, 1.165) is 0 Å². The standard InChI is InChI=1S/C6H5BN4O/c1-2-8-4-5(9-2)11-6(12)3(7)10-4/h1H3,(H2,8,9,10,11,12). The molecule has 2 N–H and O–H groups in total. The lowest BCUT2D eigenvalue weighted by Gasteiger charge is -1.89. The van der Waals surface area contributed by atoms with E-state index in [9.17, 15) is 4.79 Å². The molecule has 2 heterocycles. The summed E-state index contributed by atoms with van der Waals surface area (Å²) in [5.74, 6) is 0.693. The van der Waals surface area contributed by atoms with E-state index in [1.165, 1.54) is 0 Å². The number of hydrogen-bond donors (Lipinski definition) is 2. The number of rotatable bonds is 0. The van der Waals surface area contributed by atoms with Gasteiger partial charge in [-0.25, -0.2) is 9.97 Å². The lowest BCUT2D eigenvalue weighted by atomic mass is 10.1. The molecule has 0 aliphatic heterocycles. The van der Waals surface area contributed by atoms with Crippen molar-refractivity contribution in [2.24, 2.45) is 0 Å². The smallest absolute Gasteiger partial charge is 0.260 e. The minimum absolute atomic E-state index is 0.0499. The van der Waals surface area contributed by atoms with Gasteiger partial charge in [-0.15, -0.1) is 0 Å². The molecule has 0 spiro atoms. The number of aromatic amines is 2. The first kappa shape index (κ1) is 7.09. The third-order valence-corrected chi connectivity index (χ3v) is 1.50. The van der Waals surface area contributed by atoms with Gasteiger partial charge in [0.05, 0.1) is 5.59 Å². The number of hydrogen-bond acceptors (Lipinski definition) is 3. The van der Waals surface area contributed by atoms with E-state index >= 15 is 0 Å². The fraction of sp³-hybridized carbons (Fsp3) is 0.167. The Morgan fingerprint density at radius 1 is 1.25 bits per heavy atom. The van der Waals surface area contributed by atoms with Crippen LogP contribution in [0.5, 0.6) is 0 Å². The Bertz CT molecular complexity index is 486. The molecule has 0 aliphatic carbocycles. The van der Waals surface area contributed by atoms with Gasteiger partial charge in [0.2, 0.25) is 0 Å². The quantitative estimate of drug-likeness (QED) is 0.472. The molecule has 2 rings (SSSR count). The summed E-state index contributed by atoms with van der Waals surface area (Å²) < 4.78 is 0. The highest BCUT2D eigenvalue weighted by Gasteiger charge is 2.02. The Morgan fingerprint density at radius 3 is 2.67 bits per heavy atom. The van der Waals surface area contributed by atoms with Crippen LogP contribution in [0.3, 0.4) is 0 Å². The summed E-state index contributed by atoms with van der Waals surface area (Å²) in [7, 11) is 5.29. The number of aryl methyl sites for hydroxylation is 1. The van der Waals surface area contributed by atoms with Crippen LogP contribution in [-0.2, 0) is 0 Å². The van der Waals surface area contributed by atoms with Gasteiger partial charge < -0.3 is 9.97 Å². The zero-order valence-corrected chi connectivity index (χ0v) is 6.38. The summed E-state index contributed by atoms with van der Waals surface area (Å²) >= 11 is 0. The zero-order chi connectivity index (χ0) is 8.72. The summed E-state index contributed by atoms with van der Waals surface area (Å²) in [6, 6.07) is 0. The summed E-state index contributed by atoms with van der Waals surface area (Å²) in [4.78, 5) is 24.1. The van der Waals surface area contributed by atoms with Gasteiger partial charge in [-0.3, -0.25) is 4.79 Å². The maximum absolute atomic E-state index is 10.9. The predicted molar refractivity (Wildman–Crippen MR) is 44.6 cm³/mol. The van der Waals surface area contributed by atoms with Crippen molar-refractivity contribution in [3.63, 3.8) is 0 Å². The van der Waals surface area contributed by atoms with Crippen molar-refractivity contribution in [2.45, 2.75) is 6.92 Å². The van der Waals surface area contributed by atoms with E-state index in [2.05, 4.69) is 19.9 Å². The predicted octanol–water partition coefficient (Wildman–Crippen LogP) is -1.25. The number of aromatic nitrogens is 4. The van der Waals surface area contributed by atoms with Crippen molar-refractivity contribution in [3.05, 3.63) is 16.2 Å². The van der Waals surface area contributed by atoms with E-state index in [1.54, 1.807) is 6.92 Å². The van der Waals surface area contributed by atoms with Crippen LogP contribution in [0.25, 0.3) is 11.3 Å². The average Bonchev–Trinajstić information content (AvgIpc) is 2.30. The zero-order valence-electron chi connectivity index (χ0n) is 6.38. The Kier molecular flexibility index (Phi) is 1.30. The van der Waals surface area contributed by atoms with Crippen LogP contribution in [-0.4, -0.2) is 27.8 Å². The SMILES string of the molecule is [B]c1nc2[nH]c(C)nc2[nH]c1=O. The largest absolute Gasteiger partial charge is 0.326 e. The van der Waals surface area contributed by atoms with Crippen LogP contribution in [0.4, 0.5) is 0 Å². The van der Waals surface area contributed by atoms with Crippen molar-refractivity contribution < 1.29 is 0 Å². The molecule has 0 fully saturated rings. The molecule has 12 heavy (non-hydrogen) atoms. The molecule has 0 aliphatic rings. The van der Waals surface area contributed by atoms with E-state index in [0.29, 0.717) is 17.1 Å². The minimum atomic E-state index is -0.408. The van der Waals surface area contributed by atoms with Crippen LogP contribution in [0.2, 0.25) is 0 Å². The number of imidazole rings is 1. The lowest BCUT2D eigenvalue weighted by Crippen LogP contribution is -2.30. The highest BCUT2D eigenvalue weighted by atomic mass is 16.1. The van der Waals surface area contributed by atoms with Crippen LogP contribution in [0.15, 0.2) is 4.79 Å². The minimum Gasteiger partial charge on any atom is -0.326 e. The van der Waals surface area contributed by atoms with Gasteiger partial charge in [-0.1, -0.05) is 0 Å². The first-order valence-corrected chi connectivity index (χ1v) is 3.39. The molecule has 0 unspecified atom stereocenters. The Balaban J connectivity index is 2.92. The van der Waals surface area contributed by atoms with E-state index in [1.807, 2.05) is 0 Å². The monoisotopic (exact) mass is 160 g/mol. The Morgan fingerprint density at radius 2 is 1.92 bits per heavy atom. The average molecular weight is 160 g/mol. The van der Waals surface area contributed by atoms with Crippen LogP contribution >= 0.6 is 0 Å². The van der Waals surface area contributed by atoms with Crippen LogP contribution < -0.4 is 11.2 Å². The molecule has 5 nitrogen and oxygen atoms in total. The molecule has 0 bridgehead atoms. The maximum Gasteiger partial charge on any atom is 0.260 e. The number of nitrogens with one attached hydrogen (secondary N) is 2. The van der Waals surface area contributed by atoms with Crippen molar-refractivity contribution >= 4 is 24.7 Å². The van der Waals surface area contributed by atoms with Gasteiger partial charge >= 0.3 is 0 Å². The molecule has 0 atom stereocenters. The molecule has 0 saturated heterocycles. The number of nitrogens with zero attached hydrogens (tertiary/aromatic N) is 2. The summed E-state index contributed by atoms with van der Waals surface area (Å²) in [6.07, 6.45) is 0. The highest BCUT2D eigenvalue weighted by Crippen LogP contribution is 1.99. The molecule has 2 radical (unpaired) electrons. The Hall–Kier alpha value is -1.59. The van der Waals surface area contributed by atoms with Gasteiger partial charge in [0.25, 0.3) is 5.56 Å². The molecular weight excluding hydrogens is 155 g/mol. The van der Waals surface area contributed by atoms with Crippen molar-refractivity contribution in [1.29, 1.82) is 0 Å². The first-order valence-electron chi connectivity index (χ1n) is 3.39. The fourth-order valence-electron chi connectivity index (χ4n) is 0.990. The third-order valence-electron chi connectivity index (χ3n) is 1.50. The van der Waals surface area contributed by atoms with Crippen LogP contribution in [0.1, 0.15) is 5.82 Å². The molecule has 58 valence electrons. The second-order valence-corrected chi connectivity index (χ2v) is 2.47. The van der Waals surface area contributed by atoms with E-state index < -0.39 is 5.56 Å². The second-order valence-electron chi connectivity index (χ2n) is 2.47. The van der Waals surface area contributed by atoms with E-state index in [-0.39, 0.29) is 5.59 Å². The topological polar surface area (TPSA) is 74.4 Å². The molecule has 2 aromatic rings. The van der Waals surface area contributed by atoms with Gasteiger partial charge in [0, 0.05) is 0 Å². The fourth-order valence-corrected chi connectivity index (χ4v) is 0.990. The van der Waals surface area contributed by atoms with Crippen molar-refractivity contribution in [3.8, 4) is 0 Å². The van der Waals surface area contributed by atoms with Crippen molar-refractivity contribution in [1.82, 2.24) is 19.9 Å². The Labute approximate surface area is 68.7 Å². The maximum atomic E-state index is 10.9.